The van der Waals surface area contributed by atoms with Crippen molar-refractivity contribution in [3.05, 3.63) is 53.6 Å². The third kappa shape index (κ3) is 2.35. The highest BCUT2D eigenvalue weighted by atomic mass is 32.2. The molecule has 0 N–H and O–H groups in total. The summed E-state index contributed by atoms with van der Waals surface area (Å²) in [5.41, 5.74) is 3.82. The van der Waals surface area contributed by atoms with E-state index in [2.05, 4.69) is 38.9 Å². The Balaban J connectivity index is 1.45. The monoisotopic (exact) mass is 385 g/mol. The van der Waals surface area contributed by atoms with Crippen LogP contribution in [0.15, 0.2) is 47.4 Å². The van der Waals surface area contributed by atoms with E-state index in [1.807, 2.05) is 22.5 Å². The predicted molar refractivity (Wildman–Crippen MR) is 105 cm³/mol. The quantitative estimate of drug-likeness (QED) is 0.636. The summed E-state index contributed by atoms with van der Waals surface area (Å²) in [4.78, 5) is 0.687. The lowest BCUT2D eigenvalue weighted by Crippen LogP contribution is -2.45. The molecule has 2 aliphatic heterocycles. The van der Waals surface area contributed by atoms with Gasteiger partial charge in [0.25, 0.3) is 0 Å². The molecule has 2 aromatic carbocycles. The van der Waals surface area contributed by atoms with Gasteiger partial charge in [-0.3, -0.25) is 0 Å². The zero-order valence-electron chi connectivity index (χ0n) is 14.3. The Labute approximate surface area is 157 Å². The van der Waals surface area contributed by atoms with Gasteiger partial charge in [0, 0.05) is 13.1 Å². The van der Waals surface area contributed by atoms with Crippen LogP contribution in [-0.4, -0.2) is 36.2 Å². The Kier molecular flexibility index (Phi) is 3.69. The Morgan fingerprint density at radius 2 is 1.92 bits per heavy atom. The highest BCUT2D eigenvalue weighted by molar-refractivity contribution is 7.98. The van der Waals surface area contributed by atoms with E-state index in [9.17, 15) is 4.21 Å². The number of ether oxygens (including phenoxy) is 1. The number of nitrogens with zero attached hydrogens (tertiary/aromatic N) is 3. The van der Waals surface area contributed by atoms with Gasteiger partial charge < -0.3 is 4.74 Å². The standard InChI is InChI=1S/C19H19N3O2S2/c1-26(23,17-8-4-7-16-18(17)21-25-20-16)22-11-9-19(10-12-22)15-6-3-2-5-14(15)13-24-19/h2-8H,1,9-13H2. The third-order valence-electron chi connectivity index (χ3n) is 5.55. The van der Waals surface area contributed by atoms with Crippen molar-refractivity contribution >= 4 is 38.3 Å². The van der Waals surface area contributed by atoms with Crippen LogP contribution in [0.4, 0.5) is 0 Å². The van der Waals surface area contributed by atoms with Crippen LogP contribution in [0.2, 0.25) is 0 Å². The normalized spacial score (nSPS) is 21.7. The second-order valence-corrected chi connectivity index (χ2v) is 9.66. The molecular formula is C19H19N3O2S2. The number of benzene rings is 2. The first-order valence-electron chi connectivity index (χ1n) is 8.66. The highest BCUT2D eigenvalue weighted by Crippen LogP contribution is 2.44. The van der Waals surface area contributed by atoms with E-state index in [0.29, 0.717) is 30.1 Å². The first kappa shape index (κ1) is 16.4. The minimum absolute atomic E-state index is 0.239. The van der Waals surface area contributed by atoms with Gasteiger partial charge >= 0.3 is 0 Å². The molecular weight excluding hydrogens is 366 g/mol. The van der Waals surface area contributed by atoms with Crippen LogP contribution in [0, 0.1) is 0 Å². The summed E-state index contributed by atoms with van der Waals surface area (Å²) in [7, 11) is -2.60. The first-order valence-corrected chi connectivity index (χ1v) is 11.1. The van der Waals surface area contributed by atoms with Gasteiger partial charge in [-0.05, 0) is 42.0 Å². The molecule has 5 nitrogen and oxygen atoms in total. The lowest BCUT2D eigenvalue weighted by molar-refractivity contribution is -0.0685. The summed E-state index contributed by atoms with van der Waals surface area (Å²) < 4.78 is 30.4. The van der Waals surface area contributed by atoms with Gasteiger partial charge in [-0.1, -0.05) is 30.3 Å². The Morgan fingerprint density at radius 3 is 2.77 bits per heavy atom. The lowest BCUT2D eigenvalue weighted by Gasteiger charge is -2.40. The molecule has 1 fully saturated rings. The van der Waals surface area contributed by atoms with Gasteiger partial charge in [0.1, 0.15) is 11.0 Å². The van der Waals surface area contributed by atoms with E-state index >= 15 is 0 Å². The SMILES string of the molecule is C=S(=O)(c1cccc2nsnc12)N1CCC2(CC1)OCc1ccccc12. The van der Waals surface area contributed by atoms with Crippen molar-refractivity contribution in [2.75, 3.05) is 13.1 Å². The van der Waals surface area contributed by atoms with Gasteiger partial charge in [-0.25, -0.2) is 8.51 Å². The molecule has 5 rings (SSSR count). The second-order valence-electron chi connectivity index (χ2n) is 6.90. The fourth-order valence-corrected chi connectivity index (χ4v) is 6.52. The van der Waals surface area contributed by atoms with E-state index in [0.717, 1.165) is 30.1 Å². The van der Waals surface area contributed by atoms with Gasteiger partial charge in [0.15, 0.2) is 0 Å². The van der Waals surface area contributed by atoms with E-state index in [1.165, 1.54) is 11.1 Å². The van der Waals surface area contributed by atoms with Crippen molar-refractivity contribution in [2.45, 2.75) is 29.9 Å². The molecule has 26 heavy (non-hydrogen) atoms. The van der Waals surface area contributed by atoms with Crippen LogP contribution in [-0.2, 0) is 26.7 Å². The maximum absolute atomic E-state index is 13.6. The molecule has 0 aliphatic carbocycles. The summed E-state index contributed by atoms with van der Waals surface area (Å²) in [6.07, 6.45) is 1.64. The van der Waals surface area contributed by atoms with E-state index < -0.39 is 9.71 Å². The molecule has 1 atom stereocenters. The minimum atomic E-state index is -2.60. The average molecular weight is 386 g/mol. The summed E-state index contributed by atoms with van der Waals surface area (Å²) in [6, 6.07) is 14.1. The van der Waals surface area contributed by atoms with Crippen molar-refractivity contribution in [1.29, 1.82) is 0 Å². The number of piperidine rings is 1. The molecule has 3 aromatic rings. The summed E-state index contributed by atoms with van der Waals surface area (Å²) >= 11 is 1.15. The zero-order chi connectivity index (χ0) is 17.8. The van der Waals surface area contributed by atoms with E-state index in [1.54, 1.807) is 0 Å². The molecule has 0 radical (unpaired) electrons. The molecule has 3 heterocycles. The molecule has 7 heteroatoms. The minimum Gasteiger partial charge on any atom is -0.365 e. The van der Waals surface area contributed by atoms with Gasteiger partial charge in [0.05, 0.1) is 38.5 Å². The van der Waals surface area contributed by atoms with Crippen molar-refractivity contribution < 1.29 is 8.95 Å². The van der Waals surface area contributed by atoms with Gasteiger partial charge in [-0.15, -0.1) is 0 Å². The number of aromatic nitrogens is 2. The molecule has 1 spiro atoms. The van der Waals surface area contributed by atoms with Crippen LogP contribution in [0.1, 0.15) is 24.0 Å². The summed E-state index contributed by atoms with van der Waals surface area (Å²) in [5.74, 6) is 4.10. The second kappa shape index (κ2) is 5.85. The maximum Gasteiger partial charge on any atom is 0.121 e. The molecule has 2 aliphatic rings. The number of rotatable bonds is 2. The molecule has 0 saturated carbocycles. The van der Waals surface area contributed by atoms with Crippen LogP contribution in [0.5, 0.6) is 0 Å². The largest absolute Gasteiger partial charge is 0.365 e. The van der Waals surface area contributed by atoms with E-state index in [-0.39, 0.29) is 5.60 Å². The third-order valence-corrected chi connectivity index (χ3v) is 8.31. The average Bonchev–Trinajstić information content (AvgIpc) is 3.28. The maximum atomic E-state index is 13.6. The van der Waals surface area contributed by atoms with Gasteiger partial charge in [-0.2, -0.15) is 8.75 Å². The van der Waals surface area contributed by atoms with Crippen LogP contribution >= 0.6 is 11.7 Å². The van der Waals surface area contributed by atoms with Gasteiger partial charge in [0.2, 0.25) is 0 Å². The molecule has 1 saturated heterocycles. The topological polar surface area (TPSA) is 55.3 Å². The molecule has 1 unspecified atom stereocenters. The van der Waals surface area contributed by atoms with Crippen LogP contribution in [0.25, 0.3) is 11.0 Å². The van der Waals surface area contributed by atoms with Crippen molar-refractivity contribution in [2.24, 2.45) is 0 Å². The fourth-order valence-electron chi connectivity index (χ4n) is 4.12. The fraction of sp³-hybridized carbons (Fsp3) is 0.316. The first-order chi connectivity index (χ1) is 12.6. The van der Waals surface area contributed by atoms with Crippen molar-refractivity contribution in [1.82, 2.24) is 13.1 Å². The number of fused-ring (bicyclic) bond motifs is 3. The smallest absolute Gasteiger partial charge is 0.121 e. The zero-order valence-corrected chi connectivity index (χ0v) is 15.9. The predicted octanol–water partition coefficient (Wildman–Crippen LogP) is 3.20. The molecule has 1 aromatic heterocycles. The van der Waals surface area contributed by atoms with E-state index in [4.69, 9.17) is 4.74 Å². The van der Waals surface area contributed by atoms with Crippen molar-refractivity contribution in [3.63, 3.8) is 0 Å². The highest BCUT2D eigenvalue weighted by Gasteiger charge is 2.43. The molecule has 0 amide bonds. The molecule has 0 bridgehead atoms. The Morgan fingerprint density at radius 1 is 1.12 bits per heavy atom. The Hall–Kier alpha value is -1.80. The number of hydrogen-bond acceptors (Lipinski definition) is 5. The molecule has 134 valence electrons. The lowest BCUT2D eigenvalue weighted by atomic mass is 9.84. The summed E-state index contributed by atoms with van der Waals surface area (Å²) in [5, 5.41) is 0. The van der Waals surface area contributed by atoms with Crippen molar-refractivity contribution in [3.8, 4) is 0 Å². The van der Waals surface area contributed by atoms with Crippen LogP contribution < -0.4 is 0 Å². The number of hydrogen-bond donors (Lipinski definition) is 0. The summed E-state index contributed by atoms with van der Waals surface area (Å²) in [6.45, 7) is 2.04. The van der Waals surface area contributed by atoms with Crippen LogP contribution in [0.3, 0.4) is 0 Å². The Bertz CT molecular complexity index is 1080.